The molecule has 1 fully saturated rings. The van der Waals surface area contributed by atoms with Gasteiger partial charge in [-0.2, -0.15) is 0 Å². The molecule has 0 radical (unpaired) electrons. The average molecular weight is 550 g/mol. The van der Waals surface area contributed by atoms with Crippen LogP contribution in [0.5, 0.6) is 5.75 Å². The predicted molar refractivity (Wildman–Crippen MR) is 156 cm³/mol. The van der Waals surface area contributed by atoms with Gasteiger partial charge < -0.3 is 24.4 Å². The van der Waals surface area contributed by atoms with E-state index < -0.39 is 0 Å². The number of likely N-dealkylation sites (N-methyl/N-ethyl adjacent to an activating group) is 2. The van der Waals surface area contributed by atoms with Crippen molar-refractivity contribution in [1.29, 1.82) is 0 Å². The van der Waals surface area contributed by atoms with Gasteiger partial charge in [0.2, 0.25) is 5.95 Å². The van der Waals surface area contributed by atoms with E-state index >= 15 is 0 Å². The first-order valence-electron chi connectivity index (χ1n) is 12.5. The number of ether oxygens (including phenoxy) is 1. The lowest BCUT2D eigenvalue weighted by Crippen LogP contribution is -2.34. The van der Waals surface area contributed by atoms with Crippen LogP contribution in [0.15, 0.2) is 42.7 Å². The smallest absolute Gasteiger partial charge is 0.294 e. The second-order valence-electron chi connectivity index (χ2n) is 9.98. The second-order valence-corrected chi connectivity index (χ2v) is 10.4. The van der Waals surface area contributed by atoms with E-state index in [2.05, 4.69) is 26.8 Å². The van der Waals surface area contributed by atoms with Crippen molar-refractivity contribution >= 4 is 45.5 Å². The molecule has 1 N–H and O–H groups in total. The van der Waals surface area contributed by atoms with Crippen molar-refractivity contribution < 1.29 is 9.66 Å². The van der Waals surface area contributed by atoms with Crippen LogP contribution >= 0.6 is 11.6 Å². The molecule has 0 aliphatic carbocycles. The predicted octanol–water partition coefficient (Wildman–Crippen LogP) is 5.88. The van der Waals surface area contributed by atoms with Gasteiger partial charge in [0.25, 0.3) is 5.69 Å². The molecule has 4 aromatic rings. The fourth-order valence-corrected chi connectivity index (χ4v) is 5.66. The van der Waals surface area contributed by atoms with Gasteiger partial charge in [-0.25, -0.2) is 9.97 Å². The molecule has 0 amide bonds. The van der Waals surface area contributed by atoms with Crippen LogP contribution in [0.25, 0.3) is 22.2 Å². The first-order chi connectivity index (χ1) is 18.3. The lowest BCUT2D eigenvalue weighted by Gasteiger charge is -2.27. The molecule has 10 nitrogen and oxygen atoms in total. The molecule has 2 aromatic heterocycles. The summed E-state index contributed by atoms with van der Waals surface area (Å²) in [7, 11) is 4.00. The minimum Gasteiger partial charge on any atom is -0.490 e. The van der Waals surface area contributed by atoms with Crippen molar-refractivity contribution in [1.82, 2.24) is 19.4 Å². The summed E-state index contributed by atoms with van der Waals surface area (Å²) in [5.41, 5.74) is 4.54. The molecule has 204 valence electrons. The van der Waals surface area contributed by atoms with E-state index in [-0.39, 0.29) is 24.1 Å². The molecule has 39 heavy (non-hydrogen) atoms. The molecule has 4 heterocycles. The molecule has 11 heteroatoms. The average Bonchev–Trinajstić information content (AvgIpc) is 3.51. The molecule has 6 rings (SSSR count). The van der Waals surface area contributed by atoms with Crippen LogP contribution in [0.3, 0.4) is 0 Å². The maximum absolute atomic E-state index is 12.1. The Morgan fingerprint density at radius 1 is 1.28 bits per heavy atom. The molecule has 0 spiro atoms. The van der Waals surface area contributed by atoms with E-state index in [0.717, 1.165) is 53.8 Å². The van der Waals surface area contributed by atoms with Crippen molar-refractivity contribution in [3.05, 3.63) is 63.4 Å². The highest BCUT2D eigenvalue weighted by atomic mass is 35.5. The number of nitrogens with zero attached hydrogens (tertiary/aromatic N) is 6. The number of nitro groups is 1. The van der Waals surface area contributed by atoms with Gasteiger partial charge in [0, 0.05) is 42.8 Å². The van der Waals surface area contributed by atoms with E-state index in [1.54, 1.807) is 12.3 Å². The Balaban J connectivity index is 0.00000308. The van der Waals surface area contributed by atoms with Crippen LogP contribution in [0.2, 0.25) is 5.02 Å². The normalized spacial score (nSPS) is 16.6. The Morgan fingerprint density at radius 3 is 2.85 bits per heavy atom. The SMILES string of the molecule is C.Cc1cc(N(C)C2CCN(C)C2)c([N+](=O)[O-])cc1Nc1ncc(Cl)c(-c2cn3c4c(cccc24)OCC3)n1. The third-order valence-electron chi connectivity index (χ3n) is 7.51. The van der Waals surface area contributed by atoms with Crippen LogP contribution in [0.4, 0.5) is 23.0 Å². The molecule has 2 aliphatic heterocycles. The van der Waals surface area contributed by atoms with Crippen LogP contribution < -0.4 is 15.0 Å². The molecule has 0 bridgehead atoms. The van der Waals surface area contributed by atoms with Crippen molar-refractivity contribution in [3.8, 4) is 17.0 Å². The molecular formula is C28H32ClN7O3. The maximum atomic E-state index is 12.1. The van der Waals surface area contributed by atoms with Crippen molar-refractivity contribution in [2.75, 3.05) is 44.0 Å². The zero-order chi connectivity index (χ0) is 26.6. The van der Waals surface area contributed by atoms with Gasteiger partial charge >= 0.3 is 0 Å². The first-order valence-corrected chi connectivity index (χ1v) is 12.9. The van der Waals surface area contributed by atoms with Gasteiger partial charge in [0.05, 0.1) is 39.6 Å². The fourth-order valence-electron chi connectivity index (χ4n) is 5.47. The number of hydrogen-bond donors (Lipinski definition) is 1. The summed E-state index contributed by atoms with van der Waals surface area (Å²) < 4.78 is 7.98. The number of aromatic nitrogens is 3. The third-order valence-corrected chi connectivity index (χ3v) is 7.79. The van der Waals surface area contributed by atoms with Crippen LogP contribution in [-0.2, 0) is 6.54 Å². The van der Waals surface area contributed by atoms with E-state index in [1.807, 2.05) is 49.3 Å². The molecule has 1 saturated heterocycles. The Kier molecular flexibility index (Phi) is 7.09. The summed E-state index contributed by atoms with van der Waals surface area (Å²) in [6.45, 7) is 5.11. The maximum Gasteiger partial charge on any atom is 0.294 e. The highest BCUT2D eigenvalue weighted by molar-refractivity contribution is 6.33. The number of rotatable bonds is 6. The van der Waals surface area contributed by atoms with E-state index in [4.69, 9.17) is 21.3 Å². The van der Waals surface area contributed by atoms with Crippen LogP contribution in [0.1, 0.15) is 19.4 Å². The zero-order valence-electron chi connectivity index (χ0n) is 21.4. The molecular weight excluding hydrogens is 518 g/mol. The molecule has 2 aliphatic rings. The van der Waals surface area contributed by atoms with Crippen LogP contribution in [0, 0.1) is 17.0 Å². The third kappa shape index (κ3) is 4.74. The topological polar surface area (TPSA) is 102 Å². The number of nitro benzene ring substituents is 1. The summed E-state index contributed by atoms with van der Waals surface area (Å²) in [5, 5.41) is 16.7. The van der Waals surface area contributed by atoms with Gasteiger partial charge in [-0.1, -0.05) is 31.2 Å². The van der Waals surface area contributed by atoms with E-state index in [1.165, 1.54) is 0 Å². The first kappa shape index (κ1) is 26.7. The Morgan fingerprint density at radius 2 is 2.10 bits per heavy atom. The minimum atomic E-state index is -0.334. The molecule has 1 unspecified atom stereocenters. The van der Waals surface area contributed by atoms with Crippen molar-refractivity contribution in [3.63, 3.8) is 0 Å². The van der Waals surface area contributed by atoms with Gasteiger partial charge in [0.15, 0.2) is 0 Å². The number of anilines is 3. The number of likely N-dealkylation sites (tertiary alicyclic amines) is 1. The highest BCUT2D eigenvalue weighted by Gasteiger charge is 2.29. The number of benzene rings is 2. The lowest BCUT2D eigenvalue weighted by atomic mass is 10.1. The van der Waals surface area contributed by atoms with Crippen LogP contribution in [-0.4, -0.2) is 64.2 Å². The second kappa shape index (κ2) is 10.3. The quantitative estimate of drug-likeness (QED) is 0.235. The number of halogens is 1. The summed E-state index contributed by atoms with van der Waals surface area (Å²) in [6, 6.07) is 9.59. The molecule has 2 aromatic carbocycles. The fraction of sp³-hybridized carbons (Fsp3) is 0.357. The summed E-state index contributed by atoms with van der Waals surface area (Å²) in [6.07, 6.45) is 4.56. The van der Waals surface area contributed by atoms with E-state index in [0.29, 0.717) is 34.6 Å². The standard InChI is InChI=1S/C27H28ClN7O3.CH4/c1-16-11-22(33(3)17-7-8-32(2)14-17)23(35(36)37)12-21(16)30-27-29-13-20(28)25(31-27)19-15-34-9-10-38-24-6-4-5-18(19)26(24)34;/h4-6,11-13,15,17H,7-10,14H2,1-3H3,(H,29,30,31);1H4. The Bertz CT molecular complexity index is 1570. The summed E-state index contributed by atoms with van der Waals surface area (Å²) in [4.78, 5) is 25.1. The van der Waals surface area contributed by atoms with Gasteiger partial charge in [-0.3, -0.25) is 10.1 Å². The molecule has 0 saturated carbocycles. The Labute approximate surface area is 232 Å². The minimum absolute atomic E-state index is 0. The summed E-state index contributed by atoms with van der Waals surface area (Å²) >= 11 is 6.58. The number of nitrogens with one attached hydrogen (secondary N) is 1. The van der Waals surface area contributed by atoms with Crippen molar-refractivity contribution in [2.24, 2.45) is 0 Å². The van der Waals surface area contributed by atoms with E-state index in [9.17, 15) is 10.1 Å². The number of aryl methyl sites for hydroxylation is 1. The number of para-hydroxylation sites is 1. The van der Waals surface area contributed by atoms with Gasteiger partial charge in [-0.15, -0.1) is 0 Å². The van der Waals surface area contributed by atoms with Crippen molar-refractivity contribution in [2.45, 2.75) is 33.4 Å². The zero-order valence-corrected chi connectivity index (χ0v) is 22.2. The van der Waals surface area contributed by atoms with Gasteiger partial charge in [0.1, 0.15) is 18.0 Å². The lowest BCUT2D eigenvalue weighted by molar-refractivity contribution is -0.384. The monoisotopic (exact) mass is 549 g/mol. The number of hydrogen-bond acceptors (Lipinski definition) is 8. The highest BCUT2D eigenvalue weighted by Crippen LogP contribution is 2.40. The van der Waals surface area contributed by atoms with Gasteiger partial charge in [-0.05, 0) is 44.6 Å². The summed E-state index contributed by atoms with van der Waals surface area (Å²) in [5.74, 6) is 1.14. The largest absolute Gasteiger partial charge is 0.490 e. The Hall–Kier alpha value is -3.89. The molecule has 1 atom stereocenters.